The highest BCUT2D eigenvalue weighted by atomic mass is 32.1. The van der Waals surface area contributed by atoms with Crippen LogP contribution in [0.1, 0.15) is 5.82 Å². The maximum Gasteiger partial charge on any atom is 0.218 e. The van der Waals surface area contributed by atoms with Crippen molar-refractivity contribution in [2.24, 2.45) is 0 Å². The lowest BCUT2D eigenvalue weighted by atomic mass is 10.5. The third kappa shape index (κ3) is 1.48. The molecule has 0 aromatic carbocycles. The molecule has 0 atom stereocenters. The zero-order chi connectivity index (χ0) is 8.43. The Morgan fingerprint density at radius 3 is 2.82 bits per heavy atom. The van der Waals surface area contributed by atoms with Gasteiger partial charge in [0, 0.05) is 0 Å². The molecule has 1 aromatic heterocycles. The number of aryl methyl sites for hydroxylation is 1. The Hall–Kier alpha value is -1.10. The second-order valence-electron chi connectivity index (χ2n) is 2.07. The summed E-state index contributed by atoms with van der Waals surface area (Å²) in [7, 11) is 1.52. The van der Waals surface area contributed by atoms with E-state index in [9.17, 15) is 0 Å². The fourth-order valence-corrected chi connectivity index (χ4v) is 0.960. The fraction of sp³-hybridized carbons (Fsp3) is 0.333. The maximum atomic E-state index is 5.54. The Labute approximate surface area is 69.4 Å². The Bertz CT molecular complexity index is 320. The van der Waals surface area contributed by atoms with E-state index in [1.54, 1.807) is 6.92 Å². The number of rotatable bonds is 1. The van der Waals surface area contributed by atoms with Crippen LogP contribution in [0.25, 0.3) is 0 Å². The smallest absolute Gasteiger partial charge is 0.218 e. The molecule has 0 radical (unpaired) electrons. The van der Waals surface area contributed by atoms with Crippen molar-refractivity contribution in [3.05, 3.63) is 10.5 Å². The molecular formula is C6H9N3OS. The number of aromatic nitrogens is 2. The molecule has 0 aliphatic rings. The largest absolute Gasteiger partial charge is 0.481 e. The van der Waals surface area contributed by atoms with Crippen LogP contribution in [0.2, 0.25) is 0 Å². The molecule has 60 valence electrons. The van der Waals surface area contributed by atoms with Gasteiger partial charge in [-0.1, -0.05) is 12.2 Å². The monoisotopic (exact) mass is 171 g/mol. The fourth-order valence-electron chi connectivity index (χ4n) is 0.730. The molecule has 5 heteroatoms. The van der Waals surface area contributed by atoms with Gasteiger partial charge in [0.05, 0.1) is 7.11 Å². The lowest BCUT2D eigenvalue weighted by Gasteiger charge is -2.03. The Morgan fingerprint density at radius 2 is 2.27 bits per heavy atom. The van der Waals surface area contributed by atoms with Crippen LogP contribution in [0.4, 0.5) is 5.69 Å². The summed E-state index contributed by atoms with van der Waals surface area (Å²) in [5.41, 5.74) is 5.92. The summed E-state index contributed by atoms with van der Waals surface area (Å²) in [6.45, 7) is 1.79. The third-order valence-electron chi connectivity index (χ3n) is 1.24. The normalized spacial score (nSPS) is 9.64. The SMILES string of the molecule is COc1[nH]c(C)nc(=S)c1N. The zero-order valence-electron chi connectivity index (χ0n) is 6.34. The molecule has 0 bridgehead atoms. The van der Waals surface area contributed by atoms with Crippen LogP contribution in [0, 0.1) is 11.6 Å². The second kappa shape index (κ2) is 2.87. The summed E-state index contributed by atoms with van der Waals surface area (Å²) < 4.78 is 5.29. The average molecular weight is 171 g/mol. The predicted octanol–water partition coefficient (Wildman–Crippen LogP) is 1.04. The lowest BCUT2D eigenvalue weighted by molar-refractivity contribution is 0.398. The van der Waals surface area contributed by atoms with Crippen molar-refractivity contribution >= 4 is 17.9 Å². The molecule has 0 spiro atoms. The van der Waals surface area contributed by atoms with Gasteiger partial charge in [-0.3, -0.25) is 0 Å². The molecule has 0 saturated carbocycles. The highest BCUT2D eigenvalue weighted by molar-refractivity contribution is 7.71. The molecule has 0 aliphatic heterocycles. The van der Waals surface area contributed by atoms with E-state index in [-0.39, 0.29) is 0 Å². The molecule has 4 nitrogen and oxygen atoms in total. The van der Waals surface area contributed by atoms with Crippen LogP contribution in [-0.4, -0.2) is 17.1 Å². The quantitative estimate of drug-likeness (QED) is 0.620. The van der Waals surface area contributed by atoms with E-state index in [2.05, 4.69) is 9.97 Å². The first kappa shape index (κ1) is 8.00. The van der Waals surface area contributed by atoms with Gasteiger partial charge < -0.3 is 15.5 Å². The van der Waals surface area contributed by atoms with Gasteiger partial charge in [-0.05, 0) is 6.92 Å². The first-order valence-corrected chi connectivity index (χ1v) is 3.46. The van der Waals surface area contributed by atoms with Gasteiger partial charge in [-0.15, -0.1) is 0 Å². The van der Waals surface area contributed by atoms with Crippen LogP contribution in [0.3, 0.4) is 0 Å². The number of hydrogen-bond acceptors (Lipinski definition) is 4. The number of H-pyrrole nitrogens is 1. The lowest BCUT2D eigenvalue weighted by Crippen LogP contribution is -2.00. The number of ether oxygens (including phenoxy) is 1. The molecule has 0 saturated heterocycles. The van der Waals surface area contributed by atoms with Crippen molar-refractivity contribution in [3.8, 4) is 5.88 Å². The van der Waals surface area contributed by atoms with Crippen molar-refractivity contribution in [1.29, 1.82) is 0 Å². The first-order valence-electron chi connectivity index (χ1n) is 3.05. The summed E-state index contributed by atoms with van der Waals surface area (Å²) in [6, 6.07) is 0. The molecule has 1 rings (SSSR count). The molecule has 3 N–H and O–H groups in total. The molecule has 0 unspecified atom stereocenters. The molecule has 11 heavy (non-hydrogen) atoms. The Balaban J connectivity index is 3.36. The second-order valence-corrected chi connectivity index (χ2v) is 2.46. The molecule has 1 heterocycles. The number of nitrogens with two attached hydrogens (primary N) is 1. The maximum absolute atomic E-state index is 5.54. The number of nitrogens with zero attached hydrogens (tertiary/aromatic N) is 1. The van der Waals surface area contributed by atoms with Crippen LogP contribution in [-0.2, 0) is 0 Å². The van der Waals surface area contributed by atoms with Crippen molar-refractivity contribution in [3.63, 3.8) is 0 Å². The summed E-state index contributed by atoms with van der Waals surface area (Å²) in [5, 5.41) is 0. The van der Waals surface area contributed by atoms with Crippen LogP contribution >= 0.6 is 12.2 Å². The van der Waals surface area contributed by atoms with E-state index in [1.165, 1.54) is 7.11 Å². The molecule has 0 fully saturated rings. The van der Waals surface area contributed by atoms with Gasteiger partial charge in [0.2, 0.25) is 5.88 Å². The van der Waals surface area contributed by atoms with E-state index in [0.717, 1.165) is 0 Å². The summed E-state index contributed by atoms with van der Waals surface area (Å²) >= 11 is 4.86. The van der Waals surface area contributed by atoms with E-state index < -0.39 is 0 Å². The van der Waals surface area contributed by atoms with Crippen molar-refractivity contribution in [2.45, 2.75) is 6.92 Å². The third-order valence-corrected chi connectivity index (χ3v) is 1.55. The molecule has 1 aromatic rings. The van der Waals surface area contributed by atoms with E-state index in [1.807, 2.05) is 0 Å². The Kier molecular flexibility index (Phi) is 2.09. The first-order chi connectivity index (χ1) is 5.15. The van der Waals surface area contributed by atoms with Gasteiger partial charge in [-0.25, -0.2) is 4.98 Å². The molecular weight excluding hydrogens is 162 g/mol. The van der Waals surface area contributed by atoms with Gasteiger partial charge in [-0.2, -0.15) is 0 Å². The van der Waals surface area contributed by atoms with Gasteiger partial charge >= 0.3 is 0 Å². The van der Waals surface area contributed by atoms with Crippen molar-refractivity contribution in [1.82, 2.24) is 9.97 Å². The van der Waals surface area contributed by atoms with Gasteiger partial charge in [0.25, 0.3) is 0 Å². The van der Waals surface area contributed by atoms with Crippen LogP contribution < -0.4 is 10.5 Å². The standard InChI is InChI=1S/C6H9N3OS/c1-3-8-5(10-2)4(7)6(11)9-3/h7H2,1-2H3,(H,8,9,11). The van der Waals surface area contributed by atoms with Gasteiger partial charge in [0.1, 0.15) is 11.5 Å². The number of methoxy groups -OCH3 is 1. The molecule has 0 aliphatic carbocycles. The predicted molar refractivity (Wildman–Crippen MR) is 45.1 cm³/mol. The minimum atomic E-state index is 0.373. The number of hydrogen-bond donors (Lipinski definition) is 2. The summed E-state index contributed by atoms with van der Waals surface area (Å²) in [5.74, 6) is 1.17. The van der Waals surface area contributed by atoms with Crippen LogP contribution in [0.15, 0.2) is 0 Å². The van der Waals surface area contributed by atoms with E-state index >= 15 is 0 Å². The van der Waals surface area contributed by atoms with E-state index in [4.69, 9.17) is 22.7 Å². The summed E-state index contributed by atoms with van der Waals surface area (Å²) in [4.78, 5) is 6.78. The van der Waals surface area contributed by atoms with Crippen molar-refractivity contribution in [2.75, 3.05) is 12.8 Å². The minimum Gasteiger partial charge on any atom is -0.481 e. The average Bonchev–Trinajstić information content (AvgIpc) is 1.96. The van der Waals surface area contributed by atoms with Gasteiger partial charge in [0.15, 0.2) is 4.64 Å². The topological polar surface area (TPSA) is 63.9 Å². The Morgan fingerprint density at radius 1 is 1.64 bits per heavy atom. The number of nitrogen functional groups attached to an aromatic ring is 1. The zero-order valence-corrected chi connectivity index (χ0v) is 7.16. The molecule has 0 amide bonds. The number of nitrogens with one attached hydrogen (secondary N) is 1. The summed E-state index contributed by atoms with van der Waals surface area (Å²) in [6.07, 6.45) is 0. The minimum absolute atomic E-state index is 0.373. The number of aromatic amines is 1. The highest BCUT2D eigenvalue weighted by Gasteiger charge is 2.01. The highest BCUT2D eigenvalue weighted by Crippen LogP contribution is 2.17. The van der Waals surface area contributed by atoms with Crippen molar-refractivity contribution < 1.29 is 4.74 Å². The van der Waals surface area contributed by atoms with Crippen LogP contribution in [0.5, 0.6) is 5.88 Å². The number of anilines is 1. The van der Waals surface area contributed by atoms with E-state index in [0.29, 0.717) is 22.0 Å².